The number of aliphatic hydroxyl groups is 1. The van der Waals surface area contributed by atoms with E-state index < -0.39 is 0 Å². The molecule has 0 saturated carbocycles. The van der Waals surface area contributed by atoms with Crippen molar-refractivity contribution in [1.29, 1.82) is 0 Å². The molecule has 0 saturated heterocycles. The molecule has 1 atom stereocenters. The minimum Gasteiger partial charge on any atom is -0.396 e. The van der Waals surface area contributed by atoms with Crippen molar-refractivity contribution in [2.75, 3.05) is 6.61 Å². The van der Waals surface area contributed by atoms with Crippen molar-refractivity contribution in [3.8, 4) is 0 Å². The van der Waals surface area contributed by atoms with Gasteiger partial charge in [0.05, 0.1) is 0 Å². The summed E-state index contributed by atoms with van der Waals surface area (Å²) >= 11 is 3.32. The Morgan fingerprint density at radius 3 is 2.94 bits per heavy atom. The first-order valence-electron chi connectivity index (χ1n) is 5.41. The highest BCUT2D eigenvalue weighted by molar-refractivity contribution is 9.10. The molecule has 0 spiro atoms. The van der Waals surface area contributed by atoms with E-state index in [1.807, 2.05) is 6.92 Å². The molecule has 1 aromatic rings. The van der Waals surface area contributed by atoms with Crippen molar-refractivity contribution >= 4 is 15.9 Å². The van der Waals surface area contributed by atoms with Crippen LogP contribution in [0.2, 0.25) is 0 Å². The van der Waals surface area contributed by atoms with Crippen molar-refractivity contribution in [2.24, 2.45) is 0 Å². The fourth-order valence-corrected chi connectivity index (χ4v) is 1.87. The summed E-state index contributed by atoms with van der Waals surface area (Å²) in [6.07, 6.45) is 1.67. The van der Waals surface area contributed by atoms with E-state index in [0.717, 1.165) is 17.3 Å². The quantitative estimate of drug-likeness (QED) is 0.844. The molecule has 0 bridgehead atoms. The molecule has 0 heterocycles. The van der Waals surface area contributed by atoms with Crippen LogP contribution >= 0.6 is 15.9 Å². The molecule has 0 amide bonds. The Hall–Kier alpha value is -0.450. The molecule has 1 unspecified atom stereocenters. The highest BCUT2D eigenvalue weighted by Gasteiger charge is 2.05. The Morgan fingerprint density at radius 2 is 2.25 bits per heavy atom. The number of nitrogens with one attached hydrogen (secondary N) is 1. The van der Waals surface area contributed by atoms with Crippen LogP contribution in [0, 0.1) is 5.82 Å². The van der Waals surface area contributed by atoms with Crippen LogP contribution in [-0.4, -0.2) is 17.8 Å². The number of aliphatic hydroxyl groups excluding tert-OH is 1. The van der Waals surface area contributed by atoms with Gasteiger partial charge < -0.3 is 10.4 Å². The molecule has 0 aromatic heterocycles. The summed E-state index contributed by atoms with van der Waals surface area (Å²) in [7, 11) is 0. The maximum Gasteiger partial charge on any atom is 0.127 e. The maximum absolute atomic E-state index is 13.4. The minimum absolute atomic E-state index is 0.190. The van der Waals surface area contributed by atoms with Gasteiger partial charge in [-0.25, -0.2) is 4.39 Å². The second-order valence-electron chi connectivity index (χ2n) is 3.88. The van der Waals surface area contributed by atoms with E-state index in [0.29, 0.717) is 12.1 Å². The van der Waals surface area contributed by atoms with E-state index in [9.17, 15) is 4.39 Å². The number of benzene rings is 1. The SMILES string of the molecule is CC(CCCO)NCc1cc(Br)ccc1F. The van der Waals surface area contributed by atoms with Crippen molar-refractivity contribution in [3.63, 3.8) is 0 Å². The van der Waals surface area contributed by atoms with Crippen LogP contribution in [-0.2, 0) is 6.54 Å². The summed E-state index contributed by atoms with van der Waals surface area (Å²) in [5.41, 5.74) is 0.658. The van der Waals surface area contributed by atoms with E-state index in [4.69, 9.17) is 5.11 Å². The van der Waals surface area contributed by atoms with Crippen molar-refractivity contribution in [2.45, 2.75) is 32.4 Å². The lowest BCUT2D eigenvalue weighted by molar-refractivity contribution is 0.276. The summed E-state index contributed by atoms with van der Waals surface area (Å²) in [5, 5.41) is 11.9. The molecule has 16 heavy (non-hydrogen) atoms. The molecule has 2 N–H and O–H groups in total. The average molecular weight is 290 g/mol. The summed E-state index contributed by atoms with van der Waals surface area (Å²) in [4.78, 5) is 0. The van der Waals surface area contributed by atoms with Crippen LogP contribution in [0.25, 0.3) is 0 Å². The van der Waals surface area contributed by atoms with Gasteiger partial charge in [-0.3, -0.25) is 0 Å². The lowest BCUT2D eigenvalue weighted by atomic mass is 10.1. The van der Waals surface area contributed by atoms with Gasteiger partial charge in [0.1, 0.15) is 5.82 Å². The van der Waals surface area contributed by atoms with E-state index in [1.54, 1.807) is 12.1 Å². The standard InChI is InChI=1S/C12H17BrFNO/c1-9(3-2-6-16)15-8-10-7-11(13)4-5-12(10)14/h4-5,7,9,15-16H,2-3,6,8H2,1H3. The van der Waals surface area contributed by atoms with Crippen LogP contribution in [0.3, 0.4) is 0 Å². The fourth-order valence-electron chi connectivity index (χ4n) is 1.46. The largest absolute Gasteiger partial charge is 0.396 e. The summed E-state index contributed by atoms with van der Waals surface area (Å²) in [6, 6.07) is 5.21. The predicted molar refractivity (Wildman–Crippen MR) is 66.7 cm³/mol. The van der Waals surface area contributed by atoms with Crippen LogP contribution in [0.1, 0.15) is 25.3 Å². The number of halogens is 2. The molecule has 1 rings (SSSR count). The Balaban J connectivity index is 2.44. The highest BCUT2D eigenvalue weighted by Crippen LogP contribution is 2.15. The topological polar surface area (TPSA) is 32.3 Å². The molecule has 0 aliphatic carbocycles. The summed E-state index contributed by atoms with van der Waals surface area (Å²) in [5.74, 6) is -0.190. The minimum atomic E-state index is -0.190. The van der Waals surface area contributed by atoms with Crippen LogP contribution in [0.5, 0.6) is 0 Å². The van der Waals surface area contributed by atoms with Crippen molar-refractivity contribution in [3.05, 3.63) is 34.1 Å². The molecular formula is C12H17BrFNO. The lowest BCUT2D eigenvalue weighted by Gasteiger charge is -2.13. The lowest BCUT2D eigenvalue weighted by Crippen LogP contribution is -2.26. The van der Waals surface area contributed by atoms with Gasteiger partial charge in [-0.1, -0.05) is 15.9 Å². The summed E-state index contributed by atoms with van der Waals surface area (Å²) < 4.78 is 14.3. The van der Waals surface area contributed by atoms with Crippen LogP contribution < -0.4 is 5.32 Å². The van der Waals surface area contributed by atoms with Crippen LogP contribution in [0.15, 0.2) is 22.7 Å². The third-order valence-corrected chi connectivity index (χ3v) is 2.94. The van der Waals surface area contributed by atoms with Crippen LogP contribution in [0.4, 0.5) is 4.39 Å². The molecule has 4 heteroatoms. The Bertz CT molecular complexity index is 333. The van der Waals surface area contributed by atoms with E-state index in [-0.39, 0.29) is 18.5 Å². The van der Waals surface area contributed by atoms with E-state index in [2.05, 4.69) is 21.2 Å². The molecular weight excluding hydrogens is 273 g/mol. The fraction of sp³-hybridized carbons (Fsp3) is 0.500. The Kier molecular flexibility index (Phi) is 5.95. The van der Waals surface area contributed by atoms with Gasteiger partial charge in [0.25, 0.3) is 0 Å². The molecule has 90 valence electrons. The van der Waals surface area contributed by atoms with E-state index in [1.165, 1.54) is 6.07 Å². The Labute approximate surface area is 104 Å². The van der Waals surface area contributed by atoms with Gasteiger partial charge in [0.15, 0.2) is 0 Å². The molecule has 1 aromatic carbocycles. The van der Waals surface area contributed by atoms with Gasteiger partial charge in [-0.15, -0.1) is 0 Å². The number of hydrogen-bond donors (Lipinski definition) is 2. The molecule has 0 aliphatic heterocycles. The van der Waals surface area contributed by atoms with E-state index >= 15 is 0 Å². The highest BCUT2D eigenvalue weighted by atomic mass is 79.9. The molecule has 0 radical (unpaired) electrons. The first-order chi connectivity index (χ1) is 7.63. The second kappa shape index (κ2) is 6.99. The molecule has 2 nitrogen and oxygen atoms in total. The Morgan fingerprint density at radius 1 is 1.50 bits per heavy atom. The number of hydrogen-bond acceptors (Lipinski definition) is 2. The zero-order chi connectivity index (χ0) is 12.0. The third kappa shape index (κ3) is 4.60. The monoisotopic (exact) mass is 289 g/mol. The van der Waals surface area contributed by atoms with Gasteiger partial charge in [-0.2, -0.15) is 0 Å². The summed E-state index contributed by atoms with van der Waals surface area (Å²) in [6.45, 7) is 2.75. The van der Waals surface area contributed by atoms with Gasteiger partial charge in [0.2, 0.25) is 0 Å². The second-order valence-corrected chi connectivity index (χ2v) is 4.80. The predicted octanol–water partition coefficient (Wildman–Crippen LogP) is 2.84. The average Bonchev–Trinajstić information content (AvgIpc) is 2.27. The third-order valence-electron chi connectivity index (χ3n) is 2.44. The maximum atomic E-state index is 13.4. The normalized spacial score (nSPS) is 12.8. The zero-order valence-corrected chi connectivity index (χ0v) is 10.9. The molecule has 0 fully saturated rings. The first-order valence-corrected chi connectivity index (χ1v) is 6.21. The van der Waals surface area contributed by atoms with Crippen molar-refractivity contribution in [1.82, 2.24) is 5.32 Å². The number of rotatable bonds is 6. The molecule has 0 aliphatic rings. The first kappa shape index (κ1) is 13.6. The van der Waals surface area contributed by atoms with Gasteiger partial charge in [0, 0.05) is 29.2 Å². The smallest absolute Gasteiger partial charge is 0.127 e. The van der Waals surface area contributed by atoms with Crippen molar-refractivity contribution < 1.29 is 9.50 Å². The van der Waals surface area contributed by atoms with Gasteiger partial charge >= 0.3 is 0 Å². The van der Waals surface area contributed by atoms with Gasteiger partial charge in [-0.05, 0) is 38.0 Å². The zero-order valence-electron chi connectivity index (χ0n) is 9.34.